The van der Waals surface area contributed by atoms with Gasteiger partial charge in [0.25, 0.3) is 11.8 Å². The molecule has 1 aromatic heterocycles. The van der Waals surface area contributed by atoms with Gasteiger partial charge in [0.2, 0.25) is 0 Å². The number of nitrogens with two attached hydrogens (primary N) is 1. The molecule has 0 radical (unpaired) electrons. The minimum atomic E-state index is -0.251. The number of thiophene rings is 1. The average Bonchev–Trinajstić information content (AvgIpc) is 3.09. The summed E-state index contributed by atoms with van der Waals surface area (Å²) < 4.78 is 0. The van der Waals surface area contributed by atoms with E-state index in [-0.39, 0.29) is 17.9 Å². The minimum absolute atomic E-state index is 0.142. The number of nitrogens with zero attached hydrogens (tertiary/aromatic N) is 1. The van der Waals surface area contributed by atoms with Crippen LogP contribution in [0.1, 0.15) is 44.5 Å². The van der Waals surface area contributed by atoms with Gasteiger partial charge in [-0.2, -0.15) is 0 Å². The van der Waals surface area contributed by atoms with Crippen LogP contribution in [-0.2, 0) is 0 Å². The fourth-order valence-corrected chi connectivity index (χ4v) is 3.93. The predicted octanol–water partition coefficient (Wildman–Crippen LogP) is 3.08. The molecule has 1 aliphatic carbocycles. The Hall–Kier alpha value is -2.14. The standard InChI is InChI=1S/C16H14N2O2S/c17-11-4-1-3-10-13(11)16(20)18(15(10)19)14(9-6-7-9)12-5-2-8-21-12/h1-5,8-9,14H,6-7,17H2. The molecule has 0 spiro atoms. The van der Waals surface area contributed by atoms with Gasteiger partial charge in [0, 0.05) is 10.6 Å². The highest BCUT2D eigenvalue weighted by atomic mass is 32.1. The maximum atomic E-state index is 12.7. The largest absolute Gasteiger partial charge is 0.398 e. The second-order valence-corrected chi connectivity index (χ2v) is 6.53. The quantitative estimate of drug-likeness (QED) is 0.699. The highest BCUT2D eigenvalue weighted by Crippen LogP contribution is 2.48. The molecule has 1 atom stereocenters. The van der Waals surface area contributed by atoms with Crippen LogP contribution in [0.25, 0.3) is 0 Å². The Balaban J connectivity index is 1.81. The Bertz CT molecular complexity index is 735. The second kappa shape index (κ2) is 4.43. The van der Waals surface area contributed by atoms with Gasteiger partial charge in [-0.3, -0.25) is 14.5 Å². The summed E-state index contributed by atoms with van der Waals surface area (Å²) in [7, 11) is 0. The molecule has 5 heteroatoms. The number of carbonyl (C=O) groups is 2. The lowest BCUT2D eigenvalue weighted by molar-refractivity contribution is 0.0565. The van der Waals surface area contributed by atoms with Crippen LogP contribution < -0.4 is 5.73 Å². The van der Waals surface area contributed by atoms with Gasteiger partial charge in [-0.25, -0.2) is 0 Å². The molecule has 1 unspecified atom stereocenters. The monoisotopic (exact) mass is 298 g/mol. The first-order chi connectivity index (χ1) is 10.2. The molecule has 1 aliphatic heterocycles. The van der Waals surface area contributed by atoms with Gasteiger partial charge in [-0.05, 0) is 42.3 Å². The fourth-order valence-electron chi connectivity index (χ4n) is 3.02. The van der Waals surface area contributed by atoms with Crippen molar-refractivity contribution >= 4 is 28.8 Å². The number of benzene rings is 1. The molecule has 4 nitrogen and oxygen atoms in total. The van der Waals surface area contributed by atoms with E-state index in [2.05, 4.69) is 0 Å². The molecule has 21 heavy (non-hydrogen) atoms. The topological polar surface area (TPSA) is 63.4 Å². The number of nitrogen functional groups attached to an aromatic ring is 1. The van der Waals surface area contributed by atoms with E-state index in [1.54, 1.807) is 29.5 Å². The van der Waals surface area contributed by atoms with E-state index in [1.165, 1.54) is 4.90 Å². The summed E-state index contributed by atoms with van der Waals surface area (Å²) in [4.78, 5) is 27.9. The first kappa shape index (κ1) is 12.6. The van der Waals surface area contributed by atoms with E-state index >= 15 is 0 Å². The van der Waals surface area contributed by atoms with E-state index in [0.29, 0.717) is 22.7 Å². The van der Waals surface area contributed by atoms with Crippen molar-refractivity contribution in [1.29, 1.82) is 0 Å². The van der Waals surface area contributed by atoms with E-state index < -0.39 is 0 Å². The summed E-state index contributed by atoms with van der Waals surface area (Å²) in [6.45, 7) is 0. The van der Waals surface area contributed by atoms with Gasteiger partial charge in [-0.1, -0.05) is 12.1 Å². The maximum Gasteiger partial charge on any atom is 0.264 e. The van der Waals surface area contributed by atoms with Crippen molar-refractivity contribution in [3.05, 3.63) is 51.7 Å². The predicted molar refractivity (Wildman–Crippen MR) is 81.1 cm³/mol. The van der Waals surface area contributed by atoms with Crippen LogP contribution in [0.5, 0.6) is 0 Å². The lowest BCUT2D eigenvalue weighted by atomic mass is 10.1. The van der Waals surface area contributed by atoms with Crippen molar-refractivity contribution in [1.82, 2.24) is 4.90 Å². The van der Waals surface area contributed by atoms with Crippen LogP contribution in [-0.4, -0.2) is 16.7 Å². The van der Waals surface area contributed by atoms with Crippen LogP contribution in [0.2, 0.25) is 0 Å². The van der Waals surface area contributed by atoms with Crippen molar-refractivity contribution in [3.8, 4) is 0 Å². The van der Waals surface area contributed by atoms with Crippen molar-refractivity contribution in [3.63, 3.8) is 0 Å². The number of anilines is 1. The Morgan fingerprint density at radius 3 is 2.57 bits per heavy atom. The Morgan fingerprint density at radius 1 is 1.14 bits per heavy atom. The number of amides is 2. The molecule has 0 bridgehead atoms. The Kier molecular flexibility index (Phi) is 2.65. The van der Waals surface area contributed by atoms with E-state index in [0.717, 1.165) is 17.7 Å². The lowest BCUT2D eigenvalue weighted by Gasteiger charge is -2.25. The zero-order chi connectivity index (χ0) is 14.6. The highest BCUT2D eigenvalue weighted by molar-refractivity contribution is 7.10. The molecule has 2 amide bonds. The summed E-state index contributed by atoms with van der Waals surface area (Å²) in [6.07, 6.45) is 2.12. The molecular weight excluding hydrogens is 284 g/mol. The van der Waals surface area contributed by atoms with Crippen molar-refractivity contribution < 1.29 is 9.59 Å². The lowest BCUT2D eigenvalue weighted by Crippen LogP contribution is -2.35. The smallest absolute Gasteiger partial charge is 0.264 e. The van der Waals surface area contributed by atoms with Gasteiger partial charge in [0.05, 0.1) is 17.2 Å². The molecule has 2 aliphatic rings. The normalized spacial score (nSPS) is 19.0. The number of fused-ring (bicyclic) bond motifs is 1. The molecule has 1 aromatic carbocycles. The van der Waals surface area contributed by atoms with Crippen molar-refractivity contribution in [2.75, 3.05) is 5.73 Å². The Labute approximate surface area is 126 Å². The van der Waals surface area contributed by atoms with Crippen molar-refractivity contribution in [2.24, 2.45) is 5.92 Å². The van der Waals surface area contributed by atoms with Crippen molar-refractivity contribution in [2.45, 2.75) is 18.9 Å². The number of hydrogen-bond donors (Lipinski definition) is 1. The molecular formula is C16H14N2O2S. The van der Waals surface area contributed by atoms with Gasteiger partial charge in [0.1, 0.15) is 0 Å². The molecule has 2 N–H and O–H groups in total. The number of imide groups is 1. The average molecular weight is 298 g/mol. The SMILES string of the molecule is Nc1cccc2c1C(=O)N(C(c1cccs1)C1CC1)C2=O. The summed E-state index contributed by atoms with van der Waals surface area (Å²) in [6, 6.07) is 8.90. The molecule has 0 saturated heterocycles. The van der Waals surface area contributed by atoms with E-state index in [1.807, 2.05) is 17.5 Å². The zero-order valence-corrected chi connectivity index (χ0v) is 12.1. The first-order valence-corrected chi connectivity index (χ1v) is 7.86. The Morgan fingerprint density at radius 2 is 1.95 bits per heavy atom. The summed E-state index contributed by atoms with van der Waals surface area (Å²) in [5, 5.41) is 1.98. The fraction of sp³-hybridized carbons (Fsp3) is 0.250. The third kappa shape index (κ3) is 1.81. The van der Waals surface area contributed by atoms with Crippen LogP contribution in [0, 0.1) is 5.92 Å². The molecule has 106 valence electrons. The third-order valence-corrected chi connectivity index (χ3v) is 5.10. The zero-order valence-electron chi connectivity index (χ0n) is 11.3. The van der Waals surface area contributed by atoms with Crippen LogP contribution in [0.15, 0.2) is 35.7 Å². The molecule has 1 saturated carbocycles. The van der Waals surface area contributed by atoms with Gasteiger partial charge in [0.15, 0.2) is 0 Å². The molecule has 4 rings (SSSR count). The van der Waals surface area contributed by atoms with Gasteiger partial charge >= 0.3 is 0 Å². The summed E-state index contributed by atoms with van der Waals surface area (Å²) >= 11 is 1.60. The molecule has 1 fully saturated rings. The van der Waals surface area contributed by atoms with Gasteiger partial charge < -0.3 is 5.73 Å². The second-order valence-electron chi connectivity index (χ2n) is 5.55. The number of rotatable bonds is 3. The van der Waals surface area contributed by atoms with Crippen LogP contribution in [0.3, 0.4) is 0 Å². The number of carbonyl (C=O) groups excluding carboxylic acids is 2. The first-order valence-electron chi connectivity index (χ1n) is 6.98. The third-order valence-electron chi connectivity index (χ3n) is 4.16. The van der Waals surface area contributed by atoms with E-state index in [4.69, 9.17) is 5.73 Å². The maximum absolute atomic E-state index is 12.7. The summed E-state index contributed by atoms with van der Waals surface area (Å²) in [5.74, 6) is -0.0851. The van der Waals surface area contributed by atoms with Crippen LogP contribution >= 0.6 is 11.3 Å². The van der Waals surface area contributed by atoms with E-state index in [9.17, 15) is 9.59 Å². The highest BCUT2D eigenvalue weighted by Gasteiger charge is 2.47. The number of hydrogen-bond acceptors (Lipinski definition) is 4. The molecule has 2 aromatic rings. The minimum Gasteiger partial charge on any atom is -0.398 e. The van der Waals surface area contributed by atoms with Crippen LogP contribution in [0.4, 0.5) is 5.69 Å². The summed E-state index contributed by atoms with van der Waals surface area (Å²) in [5.41, 5.74) is 7.08. The van der Waals surface area contributed by atoms with Gasteiger partial charge in [-0.15, -0.1) is 11.3 Å². The molecule has 2 heterocycles.